The SMILES string of the molecule is COc1ccc(C)c2c(Br)c(CNC3CC3)[nH]c12. The highest BCUT2D eigenvalue weighted by atomic mass is 79.9. The van der Waals surface area contributed by atoms with Crippen LogP contribution < -0.4 is 10.1 Å². The van der Waals surface area contributed by atoms with Crippen LogP contribution in [0.1, 0.15) is 24.1 Å². The van der Waals surface area contributed by atoms with Crippen molar-refractivity contribution in [2.24, 2.45) is 0 Å². The summed E-state index contributed by atoms with van der Waals surface area (Å²) in [5, 5.41) is 4.75. The smallest absolute Gasteiger partial charge is 0.142 e. The van der Waals surface area contributed by atoms with E-state index in [4.69, 9.17) is 4.74 Å². The highest BCUT2D eigenvalue weighted by Gasteiger charge is 2.21. The van der Waals surface area contributed by atoms with Gasteiger partial charge in [0.2, 0.25) is 0 Å². The van der Waals surface area contributed by atoms with Crippen LogP contribution in [0.2, 0.25) is 0 Å². The van der Waals surface area contributed by atoms with Crippen LogP contribution >= 0.6 is 15.9 Å². The van der Waals surface area contributed by atoms with Gasteiger partial charge in [-0.25, -0.2) is 0 Å². The maximum absolute atomic E-state index is 5.42. The van der Waals surface area contributed by atoms with Crippen LogP contribution in [0.5, 0.6) is 5.75 Å². The Morgan fingerprint density at radius 3 is 2.89 bits per heavy atom. The van der Waals surface area contributed by atoms with E-state index in [-0.39, 0.29) is 0 Å². The summed E-state index contributed by atoms with van der Waals surface area (Å²) < 4.78 is 6.57. The third-order valence-electron chi connectivity index (χ3n) is 3.50. The molecule has 1 aliphatic carbocycles. The minimum atomic E-state index is 0.714. The summed E-state index contributed by atoms with van der Waals surface area (Å²) in [6, 6.07) is 4.82. The standard InChI is InChI=1S/C14H17BrN2O/c1-8-3-6-11(18-2)14-12(8)13(15)10(17-14)7-16-9-4-5-9/h3,6,9,16-17H,4-5,7H2,1-2H3. The van der Waals surface area contributed by atoms with Crippen molar-refractivity contribution in [3.05, 3.63) is 27.9 Å². The van der Waals surface area contributed by atoms with Crippen molar-refractivity contribution in [1.29, 1.82) is 0 Å². The first-order chi connectivity index (χ1) is 8.70. The third kappa shape index (κ3) is 2.04. The Balaban J connectivity index is 2.04. The second-order valence-corrected chi connectivity index (χ2v) is 5.70. The van der Waals surface area contributed by atoms with Gasteiger partial charge in [-0.3, -0.25) is 0 Å². The van der Waals surface area contributed by atoms with E-state index in [2.05, 4.69) is 39.2 Å². The van der Waals surface area contributed by atoms with Crippen LogP contribution in [-0.2, 0) is 6.54 Å². The van der Waals surface area contributed by atoms with E-state index in [1.165, 1.54) is 29.5 Å². The number of rotatable bonds is 4. The Kier molecular flexibility index (Phi) is 3.08. The van der Waals surface area contributed by atoms with Crippen LogP contribution in [0.25, 0.3) is 10.9 Å². The fourth-order valence-electron chi connectivity index (χ4n) is 2.28. The van der Waals surface area contributed by atoms with Gasteiger partial charge in [0.05, 0.1) is 12.6 Å². The molecule has 1 aliphatic rings. The topological polar surface area (TPSA) is 37.0 Å². The zero-order valence-electron chi connectivity index (χ0n) is 10.6. The summed E-state index contributed by atoms with van der Waals surface area (Å²) in [4.78, 5) is 3.47. The molecule has 4 heteroatoms. The maximum atomic E-state index is 5.42. The fraction of sp³-hybridized carbons (Fsp3) is 0.429. The molecule has 3 nitrogen and oxygen atoms in total. The summed E-state index contributed by atoms with van der Waals surface area (Å²) in [7, 11) is 1.71. The first kappa shape index (κ1) is 12.1. The number of halogens is 1. The normalized spacial score (nSPS) is 15.3. The lowest BCUT2D eigenvalue weighted by atomic mass is 10.1. The highest BCUT2D eigenvalue weighted by molar-refractivity contribution is 9.10. The molecule has 0 saturated heterocycles. The van der Waals surface area contributed by atoms with E-state index < -0.39 is 0 Å². The zero-order valence-corrected chi connectivity index (χ0v) is 12.2. The van der Waals surface area contributed by atoms with Crippen molar-refractivity contribution >= 4 is 26.8 Å². The minimum absolute atomic E-state index is 0.714. The van der Waals surface area contributed by atoms with Crippen molar-refractivity contribution in [1.82, 2.24) is 10.3 Å². The van der Waals surface area contributed by atoms with Crippen LogP contribution in [-0.4, -0.2) is 18.1 Å². The molecule has 1 fully saturated rings. The highest BCUT2D eigenvalue weighted by Crippen LogP contribution is 2.36. The van der Waals surface area contributed by atoms with Crippen LogP contribution in [0, 0.1) is 6.92 Å². The number of hydrogen-bond donors (Lipinski definition) is 2. The van der Waals surface area contributed by atoms with Crippen molar-refractivity contribution in [2.45, 2.75) is 32.4 Å². The number of hydrogen-bond acceptors (Lipinski definition) is 2. The van der Waals surface area contributed by atoms with Gasteiger partial charge in [-0.05, 0) is 47.3 Å². The Bertz CT molecular complexity index is 587. The number of methoxy groups -OCH3 is 1. The van der Waals surface area contributed by atoms with Crippen molar-refractivity contribution < 1.29 is 4.74 Å². The van der Waals surface area contributed by atoms with E-state index in [1.54, 1.807) is 7.11 Å². The Morgan fingerprint density at radius 2 is 2.22 bits per heavy atom. The van der Waals surface area contributed by atoms with Gasteiger partial charge in [0.15, 0.2) is 0 Å². The van der Waals surface area contributed by atoms with Gasteiger partial charge in [0, 0.05) is 28.1 Å². The lowest BCUT2D eigenvalue weighted by Gasteiger charge is -2.03. The molecular formula is C14H17BrN2O. The molecule has 0 bridgehead atoms. The molecule has 1 aromatic carbocycles. The lowest BCUT2D eigenvalue weighted by molar-refractivity contribution is 0.419. The van der Waals surface area contributed by atoms with E-state index >= 15 is 0 Å². The Morgan fingerprint density at radius 1 is 1.44 bits per heavy atom. The van der Waals surface area contributed by atoms with Gasteiger partial charge in [0.1, 0.15) is 5.75 Å². The number of H-pyrrole nitrogens is 1. The summed E-state index contributed by atoms with van der Waals surface area (Å²) >= 11 is 3.71. The Hall–Kier alpha value is -1.00. The summed E-state index contributed by atoms with van der Waals surface area (Å²) in [6.45, 7) is 3.00. The van der Waals surface area contributed by atoms with Gasteiger partial charge >= 0.3 is 0 Å². The molecule has 0 unspecified atom stereocenters. The van der Waals surface area contributed by atoms with Gasteiger partial charge in [-0.15, -0.1) is 0 Å². The molecule has 18 heavy (non-hydrogen) atoms. The monoisotopic (exact) mass is 308 g/mol. The van der Waals surface area contributed by atoms with Crippen molar-refractivity contribution in [2.75, 3.05) is 7.11 Å². The second kappa shape index (κ2) is 4.59. The van der Waals surface area contributed by atoms with Gasteiger partial charge in [0.25, 0.3) is 0 Å². The number of aromatic amines is 1. The van der Waals surface area contributed by atoms with Gasteiger partial charge in [-0.2, -0.15) is 0 Å². The maximum Gasteiger partial charge on any atom is 0.142 e. The summed E-state index contributed by atoms with van der Waals surface area (Å²) in [6.07, 6.45) is 2.61. The van der Waals surface area contributed by atoms with Gasteiger partial charge < -0.3 is 15.0 Å². The molecule has 0 amide bonds. The molecule has 0 spiro atoms. The average molecular weight is 309 g/mol. The average Bonchev–Trinajstić information content (AvgIpc) is 3.13. The molecule has 1 heterocycles. The molecule has 2 N–H and O–H groups in total. The van der Waals surface area contributed by atoms with Crippen molar-refractivity contribution in [3.63, 3.8) is 0 Å². The van der Waals surface area contributed by atoms with E-state index in [9.17, 15) is 0 Å². The van der Waals surface area contributed by atoms with Crippen LogP contribution in [0.15, 0.2) is 16.6 Å². The number of ether oxygens (including phenoxy) is 1. The Labute approximate surface area is 115 Å². The van der Waals surface area contributed by atoms with E-state index in [0.717, 1.165) is 22.3 Å². The van der Waals surface area contributed by atoms with E-state index in [0.29, 0.717) is 6.04 Å². The molecular weight excluding hydrogens is 292 g/mol. The summed E-state index contributed by atoms with van der Waals surface area (Å²) in [5.74, 6) is 0.897. The number of aromatic nitrogens is 1. The zero-order chi connectivity index (χ0) is 12.7. The number of nitrogens with one attached hydrogen (secondary N) is 2. The molecule has 0 atom stereocenters. The quantitative estimate of drug-likeness (QED) is 0.907. The molecule has 3 rings (SSSR count). The van der Waals surface area contributed by atoms with Gasteiger partial charge in [-0.1, -0.05) is 6.07 Å². The predicted molar refractivity (Wildman–Crippen MR) is 77.1 cm³/mol. The minimum Gasteiger partial charge on any atom is -0.495 e. The lowest BCUT2D eigenvalue weighted by Crippen LogP contribution is -2.15. The first-order valence-corrected chi connectivity index (χ1v) is 7.07. The molecule has 0 aliphatic heterocycles. The van der Waals surface area contributed by atoms with Crippen molar-refractivity contribution in [3.8, 4) is 5.75 Å². The van der Waals surface area contributed by atoms with E-state index in [1.807, 2.05) is 6.07 Å². The fourth-order valence-corrected chi connectivity index (χ4v) is 3.03. The third-order valence-corrected chi connectivity index (χ3v) is 4.38. The molecule has 1 aromatic heterocycles. The molecule has 2 aromatic rings. The second-order valence-electron chi connectivity index (χ2n) is 4.91. The molecule has 0 radical (unpaired) electrons. The summed E-state index contributed by atoms with van der Waals surface area (Å²) in [5.41, 5.74) is 3.54. The number of fused-ring (bicyclic) bond motifs is 1. The van der Waals surface area contributed by atoms with Crippen LogP contribution in [0.3, 0.4) is 0 Å². The predicted octanol–water partition coefficient (Wildman–Crippen LogP) is 3.50. The first-order valence-electron chi connectivity index (χ1n) is 6.27. The molecule has 1 saturated carbocycles. The number of aryl methyl sites for hydroxylation is 1. The number of benzene rings is 1. The van der Waals surface area contributed by atoms with Crippen LogP contribution in [0.4, 0.5) is 0 Å². The molecule has 96 valence electrons. The largest absolute Gasteiger partial charge is 0.495 e.